The minimum atomic E-state index is -3.48. The van der Waals surface area contributed by atoms with Crippen molar-refractivity contribution in [1.82, 2.24) is 4.31 Å². The van der Waals surface area contributed by atoms with Gasteiger partial charge in [-0.05, 0) is 43.9 Å². The number of benzene rings is 1. The number of allylic oxidation sites excluding steroid dienone is 1. The second-order valence-corrected chi connectivity index (χ2v) is 8.19. The van der Waals surface area contributed by atoms with E-state index in [1.54, 1.807) is 22.5 Å². The lowest BCUT2D eigenvalue weighted by Crippen LogP contribution is -2.36. The first-order valence-corrected chi connectivity index (χ1v) is 9.95. The van der Waals surface area contributed by atoms with Gasteiger partial charge in [-0.3, -0.25) is 0 Å². The number of rotatable bonds is 9. The van der Waals surface area contributed by atoms with E-state index >= 15 is 0 Å². The number of nitrogens with zero attached hydrogens (tertiary/aromatic N) is 1. The van der Waals surface area contributed by atoms with Crippen LogP contribution in [0.25, 0.3) is 0 Å². The third-order valence-electron chi connectivity index (χ3n) is 4.41. The lowest BCUT2D eigenvalue weighted by atomic mass is 10.1. The molecule has 2 rings (SSSR count). The highest BCUT2D eigenvalue weighted by Crippen LogP contribution is 2.28. The lowest BCUT2D eigenvalue weighted by Gasteiger charge is -2.24. The summed E-state index contributed by atoms with van der Waals surface area (Å²) in [6, 6.07) is 6.99. The fourth-order valence-electron chi connectivity index (χ4n) is 2.97. The third-order valence-corrected chi connectivity index (χ3v) is 6.30. The number of hydrogen-bond donors (Lipinski definition) is 0. The molecule has 130 valence electrons. The standard InChI is InChI=1S/C20H27NO2S/c1-4-6-7-8-9-10-19-15-18(5-2)16-21(19)24(22,23)20-13-11-17(3)12-14-20/h4-5,11-15,19H,1-2,6-10,16H2,3H3. The van der Waals surface area contributed by atoms with Crippen LogP contribution >= 0.6 is 0 Å². The molecule has 1 aromatic rings. The molecule has 3 nitrogen and oxygen atoms in total. The van der Waals surface area contributed by atoms with Crippen molar-refractivity contribution < 1.29 is 8.42 Å². The smallest absolute Gasteiger partial charge is 0.207 e. The van der Waals surface area contributed by atoms with Gasteiger partial charge in [0.1, 0.15) is 0 Å². The first-order chi connectivity index (χ1) is 11.5. The van der Waals surface area contributed by atoms with Crippen LogP contribution in [0.1, 0.15) is 37.7 Å². The van der Waals surface area contributed by atoms with E-state index in [0.29, 0.717) is 11.4 Å². The Kier molecular flexibility index (Phi) is 6.58. The Morgan fingerprint density at radius 3 is 2.50 bits per heavy atom. The average Bonchev–Trinajstić information content (AvgIpc) is 2.99. The molecular weight excluding hydrogens is 318 g/mol. The first kappa shape index (κ1) is 18.7. The van der Waals surface area contributed by atoms with Crippen LogP contribution in [0, 0.1) is 6.92 Å². The fourth-order valence-corrected chi connectivity index (χ4v) is 4.56. The summed E-state index contributed by atoms with van der Waals surface area (Å²) in [4.78, 5) is 0.364. The van der Waals surface area contributed by atoms with E-state index in [1.807, 2.05) is 31.2 Å². The Morgan fingerprint density at radius 2 is 1.88 bits per heavy atom. The summed E-state index contributed by atoms with van der Waals surface area (Å²) in [6.45, 7) is 9.90. The highest BCUT2D eigenvalue weighted by Gasteiger charge is 2.34. The Balaban J connectivity index is 2.12. The minimum absolute atomic E-state index is 0.0759. The average molecular weight is 346 g/mol. The molecule has 0 radical (unpaired) electrons. The summed E-state index contributed by atoms with van der Waals surface area (Å²) in [5, 5.41) is 0. The molecule has 0 N–H and O–H groups in total. The van der Waals surface area contributed by atoms with E-state index in [0.717, 1.165) is 43.2 Å². The molecule has 1 aliphatic rings. The number of hydrogen-bond acceptors (Lipinski definition) is 2. The second-order valence-electron chi connectivity index (χ2n) is 6.30. The van der Waals surface area contributed by atoms with Crippen LogP contribution in [0.3, 0.4) is 0 Å². The van der Waals surface area contributed by atoms with E-state index in [9.17, 15) is 8.42 Å². The molecule has 1 aromatic carbocycles. The van der Waals surface area contributed by atoms with Crippen LogP contribution in [0.15, 0.2) is 66.1 Å². The van der Waals surface area contributed by atoms with Crippen molar-refractivity contribution in [1.29, 1.82) is 0 Å². The van der Waals surface area contributed by atoms with Gasteiger partial charge in [0.2, 0.25) is 10.0 Å². The normalized spacial score (nSPS) is 18.4. The highest BCUT2D eigenvalue weighted by atomic mass is 32.2. The van der Waals surface area contributed by atoms with Crippen molar-refractivity contribution in [3.8, 4) is 0 Å². The van der Waals surface area contributed by atoms with E-state index in [2.05, 4.69) is 13.2 Å². The molecule has 0 fully saturated rings. The van der Waals surface area contributed by atoms with Crippen LogP contribution in [0.2, 0.25) is 0 Å². The van der Waals surface area contributed by atoms with Gasteiger partial charge in [0, 0.05) is 12.6 Å². The van der Waals surface area contributed by atoms with Gasteiger partial charge in [-0.1, -0.05) is 55.3 Å². The summed E-state index contributed by atoms with van der Waals surface area (Å²) >= 11 is 0. The topological polar surface area (TPSA) is 37.4 Å². The first-order valence-electron chi connectivity index (χ1n) is 8.51. The van der Waals surface area contributed by atoms with Crippen LogP contribution in [-0.4, -0.2) is 25.3 Å². The molecule has 0 aliphatic carbocycles. The maximum atomic E-state index is 13.0. The number of unbranched alkanes of at least 4 members (excludes halogenated alkanes) is 3. The molecule has 0 amide bonds. The SMILES string of the molecule is C=CCCCCCC1C=C(C=C)CN1S(=O)(=O)c1ccc(C)cc1. The van der Waals surface area contributed by atoms with E-state index in [1.165, 1.54) is 0 Å². The third kappa shape index (κ3) is 4.46. The van der Waals surface area contributed by atoms with E-state index in [4.69, 9.17) is 0 Å². The predicted molar refractivity (Wildman–Crippen MR) is 100 cm³/mol. The highest BCUT2D eigenvalue weighted by molar-refractivity contribution is 7.89. The van der Waals surface area contributed by atoms with Gasteiger partial charge >= 0.3 is 0 Å². The fraction of sp³-hybridized carbons (Fsp3) is 0.400. The Bertz CT molecular complexity index is 702. The summed E-state index contributed by atoms with van der Waals surface area (Å²) in [6.07, 6.45) is 10.8. The molecular formula is C20H27NO2S. The van der Waals surface area contributed by atoms with Gasteiger partial charge in [-0.25, -0.2) is 8.42 Å². The minimum Gasteiger partial charge on any atom is -0.207 e. The van der Waals surface area contributed by atoms with Crippen LogP contribution in [-0.2, 0) is 10.0 Å². The van der Waals surface area contributed by atoms with Gasteiger partial charge in [0.15, 0.2) is 0 Å². The summed E-state index contributed by atoms with van der Waals surface area (Å²) in [5.74, 6) is 0. The molecule has 24 heavy (non-hydrogen) atoms. The van der Waals surface area contributed by atoms with Gasteiger partial charge in [-0.15, -0.1) is 6.58 Å². The Labute approximate surface area is 146 Å². The van der Waals surface area contributed by atoms with E-state index < -0.39 is 10.0 Å². The van der Waals surface area contributed by atoms with Crippen LogP contribution in [0.4, 0.5) is 0 Å². The molecule has 4 heteroatoms. The van der Waals surface area contributed by atoms with Gasteiger partial charge in [0.05, 0.1) is 4.90 Å². The quantitative estimate of drug-likeness (QED) is 0.484. The molecule has 0 saturated carbocycles. The molecule has 1 unspecified atom stereocenters. The van der Waals surface area contributed by atoms with Crippen LogP contribution < -0.4 is 0 Å². The molecule has 1 heterocycles. The van der Waals surface area contributed by atoms with Crippen molar-refractivity contribution in [3.63, 3.8) is 0 Å². The molecule has 0 bridgehead atoms. The largest absolute Gasteiger partial charge is 0.243 e. The van der Waals surface area contributed by atoms with Gasteiger partial charge in [0.25, 0.3) is 0 Å². The molecule has 0 aromatic heterocycles. The summed E-state index contributed by atoms with van der Waals surface area (Å²) < 4.78 is 27.6. The summed E-state index contributed by atoms with van der Waals surface area (Å²) in [7, 11) is -3.48. The van der Waals surface area contributed by atoms with E-state index in [-0.39, 0.29) is 6.04 Å². The Morgan fingerprint density at radius 1 is 1.17 bits per heavy atom. The van der Waals surface area contributed by atoms with Gasteiger partial charge < -0.3 is 0 Å². The molecule has 0 spiro atoms. The van der Waals surface area contributed by atoms with Crippen molar-refractivity contribution >= 4 is 10.0 Å². The van der Waals surface area contributed by atoms with Crippen molar-refractivity contribution in [3.05, 3.63) is 66.8 Å². The van der Waals surface area contributed by atoms with Crippen molar-refractivity contribution in [2.45, 2.75) is 50.0 Å². The van der Waals surface area contributed by atoms with Crippen molar-refractivity contribution in [2.75, 3.05) is 6.54 Å². The monoisotopic (exact) mass is 345 g/mol. The zero-order chi connectivity index (χ0) is 17.6. The van der Waals surface area contributed by atoms with Crippen LogP contribution in [0.5, 0.6) is 0 Å². The summed E-state index contributed by atoms with van der Waals surface area (Å²) in [5.41, 5.74) is 2.04. The zero-order valence-electron chi connectivity index (χ0n) is 14.4. The Hall–Kier alpha value is -1.65. The maximum Gasteiger partial charge on any atom is 0.243 e. The number of sulfonamides is 1. The van der Waals surface area contributed by atoms with Gasteiger partial charge in [-0.2, -0.15) is 4.31 Å². The molecule has 1 aliphatic heterocycles. The second kappa shape index (κ2) is 8.45. The predicted octanol–water partition coefficient (Wildman–Crippen LogP) is 4.62. The van der Waals surface area contributed by atoms with Crippen molar-refractivity contribution in [2.24, 2.45) is 0 Å². The zero-order valence-corrected chi connectivity index (χ0v) is 15.3. The maximum absolute atomic E-state index is 13.0. The molecule has 0 saturated heterocycles. The molecule has 1 atom stereocenters. The lowest BCUT2D eigenvalue weighted by molar-refractivity contribution is 0.382. The number of aryl methyl sites for hydroxylation is 1.